The van der Waals surface area contributed by atoms with Gasteiger partial charge in [0.1, 0.15) is 0 Å². The Kier molecular flexibility index (Phi) is 3.12. The molecule has 1 atom stereocenters. The molecule has 0 radical (unpaired) electrons. The Balaban J connectivity index is 3.25. The summed E-state index contributed by atoms with van der Waals surface area (Å²) in [5.74, 6) is -1.45. The maximum Gasteiger partial charge on any atom is 0.342 e. The zero-order chi connectivity index (χ0) is 11.6. The topological polar surface area (TPSA) is 77.8 Å². The van der Waals surface area contributed by atoms with E-state index in [-0.39, 0.29) is 5.56 Å². The maximum absolute atomic E-state index is 10.8. The van der Waals surface area contributed by atoms with Crippen molar-refractivity contribution in [2.45, 2.75) is 19.4 Å². The average molecular weight is 210 g/mol. The number of benzene rings is 1. The number of hydrogen-bond acceptors (Lipinski definition) is 3. The minimum atomic E-state index is -2.21. The molecule has 1 unspecified atom stereocenters. The van der Waals surface area contributed by atoms with Gasteiger partial charge in [0.05, 0.1) is 6.61 Å². The van der Waals surface area contributed by atoms with Gasteiger partial charge >= 0.3 is 5.97 Å². The lowest BCUT2D eigenvalue weighted by molar-refractivity contribution is -0.164. The Bertz CT molecular complexity index is 386. The van der Waals surface area contributed by atoms with Crippen molar-refractivity contribution in [2.24, 2.45) is 0 Å². The summed E-state index contributed by atoms with van der Waals surface area (Å²) in [6.07, 6.45) is 0. The first-order valence-corrected chi connectivity index (χ1v) is 4.56. The van der Waals surface area contributed by atoms with E-state index >= 15 is 0 Å². The molecule has 0 aliphatic carbocycles. The third-order valence-corrected chi connectivity index (χ3v) is 2.57. The summed E-state index contributed by atoms with van der Waals surface area (Å²) < 4.78 is 0. The lowest BCUT2D eigenvalue weighted by Crippen LogP contribution is -2.39. The normalized spacial score (nSPS) is 14.7. The van der Waals surface area contributed by atoms with E-state index < -0.39 is 18.2 Å². The zero-order valence-corrected chi connectivity index (χ0v) is 8.69. The van der Waals surface area contributed by atoms with Gasteiger partial charge in [-0.15, -0.1) is 0 Å². The molecular formula is C11H14O4. The molecule has 0 fully saturated rings. The van der Waals surface area contributed by atoms with Crippen molar-refractivity contribution in [3.05, 3.63) is 34.9 Å². The zero-order valence-electron chi connectivity index (χ0n) is 8.69. The molecule has 82 valence electrons. The van der Waals surface area contributed by atoms with Crippen LogP contribution >= 0.6 is 0 Å². The van der Waals surface area contributed by atoms with Crippen molar-refractivity contribution in [3.63, 3.8) is 0 Å². The summed E-state index contributed by atoms with van der Waals surface area (Å²) in [6, 6.07) is 4.79. The van der Waals surface area contributed by atoms with Crippen LogP contribution < -0.4 is 0 Å². The van der Waals surface area contributed by atoms with Crippen molar-refractivity contribution >= 4 is 5.97 Å². The van der Waals surface area contributed by atoms with Gasteiger partial charge in [0.2, 0.25) is 5.60 Å². The number of aliphatic hydroxyl groups is 2. The van der Waals surface area contributed by atoms with Crippen LogP contribution in [0.2, 0.25) is 0 Å². The highest BCUT2D eigenvalue weighted by Crippen LogP contribution is 2.23. The molecule has 3 N–H and O–H groups in total. The fourth-order valence-corrected chi connectivity index (χ4v) is 1.28. The molecule has 0 saturated heterocycles. The summed E-state index contributed by atoms with van der Waals surface area (Å²) in [7, 11) is 0. The Morgan fingerprint density at radius 1 is 1.33 bits per heavy atom. The molecule has 0 aliphatic heterocycles. The van der Waals surface area contributed by atoms with Crippen LogP contribution in [0.3, 0.4) is 0 Å². The number of rotatable bonds is 3. The molecule has 15 heavy (non-hydrogen) atoms. The minimum Gasteiger partial charge on any atom is -0.479 e. The van der Waals surface area contributed by atoms with E-state index in [1.165, 1.54) is 6.07 Å². The average Bonchev–Trinajstić information content (AvgIpc) is 2.20. The smallest absolute Gasteiger partial charge is 0.342 e. The number of aliphatic hydroxyl groups excluding tert-OH is 1. The van der Waals surface area contributed by atoms with Gasteiger partial charge < -0.3 is 15.3 Å². The van der Waals surface area contributed by atoms with Crippen molar-refractivity contribution < 1.29 is 20.1 Å². The largest absolute Gasteiger partial charge is 0.479 e. The van der Waals surface area contributed by atoms with Gasteiger partial charge in [-0.05, 0) is 30.5 Å². The van der Waals surface area contributed by atoms with Gasteiger partial charge in [-0.1, -0.05) is 18.2 Å². The molecule has 0 bridgehead atoms. The molecule has 0 aromatic heterocycles. The monoisotopic (exact) mass is 210 g/mol. The van der Waals surface area contributed by atoms with Gasteiger partial charge in [0, 0.05) is 0 Å². The quantitative estimate of drug-likeness (QED) is 0.681. The first kappa shape index (κ1) is 11.7. The van der Waals surface area contributed by atoms with Crippen LogP contribution in [0.15, 0.2) is 18.2 Å². The van der Waals surface area contributed by atoms with E-state index in [1.807, 2.05) is 13.8 Å². The van der Waals surface area contributed by atoms with Crippen molar-refractivity contribution in [1.29, 1.82) is 0 Å². The Hall–Kier alpha value is -1.39. The molecule has 0 amide bonds. The second-order valence-corrected chi connectivity index (χ2v) is 3.62. The van der Waals surface area contributed by atoms with Crippen molar-refractivity contribution in [2.75, 3.05) is 6.61 Å². The number of carbonyl (C=O) groups is 1. The van der Waals surface area contributed by atoms with Gasteiger partial charge in [-0.2, -0.15) is 0 Å². The van der Waals surface area contributed by atoms with E-state index in [9.17, 15) is 9.90 Å². The minimum absolute atomic E-state index is 0.195. The van der Waals surface area contributed by atoms with Gasteiger partial charge in [0.15, 0.2) is 0 Å². The lowest BCUT2D eigenvalue weighted by Gasteiger charge is -2.21. The van der Waals surface area contributed by atoms with Gasteiger partial charge in [-0.3, -0.25) is 0 Å². The highest BCUT2D eigenvalue weighted by atomic mass is 16.4. The summed E-state index contributed by atoms with van der Waals surface area (Å²) in [5.41, 5.74) is -0.135. The molecule has 0 heterocycles. The predicted octanol–water partition coefficient (Wildman–Crippen LogP) is 0.568. The van der Waals surface area contributed by atoms with Gasteiger partial charge in [-0.25, -0.2) is 4.79 Å². The van der Waals surface area contributed by atoms with E-state index in [0.29, 0.717) is 0 Å². The molecule has 0 aliphatic rings. The highest BCUT2D eigenvalue weighted by Gasteiger charge is 2.37. The molecule has 0 spiro atoms. The number of hydrogen-bond donors (Lipinski definition) is 3. The number of aliphatic carboxylic acids is 1. The summed E-state index contributed by atoms with van der Waals surface area (Å²) in [6.45, 7) is 2.86. The summed E-state index contributed by atoms with van der Waals surface area (Å²) in [4.78, 5) is 10.8. The van der Waals surface area contributed by atoms with Crippen LogP contribution in [0, 0.1) is 13.8 Å². The molecule has 1 aromatic rings. The van der Waals surface area contributed by atoms with Crippen LogP contribution in [-0.2, 0) is 10.4 Å². The highest BCUT2D eigenvalue weighted by molar-refractivity contribution is 5.79. The molecule has 0 saturated carbocycles. The summed E-state index contributed by atoms with van der Waals surface area (Å²) in [5, 5.41) is 27.5. The van der Waals surface area contributed by atoms with Gasteiger partial charge in [0.25, 0.3) is 0 Å². The fraction of sp³-hybridized carbons (Fsp3) is 0.364. The van der Waals surface area contributed by atoms with Crippen LogP contribution in [0.1, 0.15) is 16.7 Å². The van der Waals surface area contributed by atoms with Crippen LogP contribution in [-0.4, -0.2) is 27.9 Å². The Morgan fingerprint density at radius 2 is 1.93 bits per heavy atom. The Labute approximate surface area is 87.8 Å². The molecular weight excluding hydrogens is 196 g/mol. The third kappa shape index (κ3) is 2.00. The predicted molar refractivity (Wildman–Crippen MR) is 54.5 cm³/mol. The van der Waals surface area contributed by atoms with E-state index in [2.05, 4.69) is 0 Å². The molecule has 4 heteroatoms. The first-order valence-electron chi connectivity index (χ1n) is 4.56. The summed E-state index contributed by atoms with van der Waals surface area (Å²) >= 11 is 0. The third-order valence-electron chi connectivity index (χ3n) is 2.57. The lowest BCUT2D eigenvalue weighted by atomic mass is 9.92. The van der Waals surface area contributed by atoms with Crippen molar-refractivity contribution in [1.82, 2.24) is 0 Å². The second-order valence-electron chi connectivity index (χ2n) is 3.62. The number of carboxylic acids is 1. The molecule has 4 nitrogen and oxygen atoms in total. The second kappa shape index (κ2) is 4.00. The SMILES string of the molecule is Cc1ccc(C(O)(CO)C(=O)O)cc1C. The molecule has 1 aromatic carbocycles. The standard InChI is InChI=1S/C11H14O4/c1-7-3-4-9(5-8(7)2)11(15,6-12)10(13)14/h3-5,12,15H,6H2,1-2H3,(H,13,14). The fourth-order valence-electron chi connectivity index (χ4n) is 1.28. The Morgan fingerprint density at radius 3 is 2.33 bits per heavy atom. The van der Waals surface area contributed by atoms with Crippen LogP contribution in [0.5, 0.6) is 0 Å². The number of aryl methyl sites for hydroxylation is 2. The number of carboxylic acid groups (broad SMARTS) is 1. The van der Waals surface area contributed by atoms with Crippen LogP contribution in [0.4, 0.5) is 0 Å². The van der Waals surface area contributed by atoms with E-state index in [0.717, 1.165) is 11.1 Å². The first-order chi connectivity index (χ1) is 6.91. The van der Waals surface area contributed by atoms with Crippen LogP contribution in [0.25, 0.3) is 0 Å². The van der Waals surface area contributed by atoms with E-state index in [1.54, 1.807) is 12.1 Å². The molecule has 1 rings (SSSR count). The van der Waals surface area contributed by atoms with E-state index in [4.69, 9.17) is 10.2 Å². The maximum atomic E-state index is 10.8. The van der Waals surface area contributed by atoms with Crippen molar-refractivity contribution in [3.8, 4) is 0 Å².